The molecule has 0 radical (unpaired) electrons. The maximum atomic E-state index is 11.9. The lowest BCUT2D eigenvalue weighted by molar-refractivity contribution is -0.131. The molecule has 0 amide bonds. The van der Waals surface area contributed by atoms with Crippen LogP contribution in [0.2, 0.25) is 0 Å². The SMILES string of the molecule is COc1cc(OC)cc(-c2nc(S/C(=C/c3ccc(N4CCCC4)cc3C)C(=O)O)n[nH]2)c1. The largest absolute Gasteiger partial charge is 0.497 e. The number of nitrogens with one attached hydrogen (secondary N) is 1. The average molecular weight is 467 g/mol. The number of aryl methyl sites for hydroxylation is 1. The van der Waals surface area contributed by atoms with Crippen LogP contribution in [-0.4, -0.2) is 53.6 Å². The number of methoxy groups -OCH3 is 2. The summed E-state index contributed by atoms with van der Waals surface area (Å²) in [6, 6.07) is 11.5. The van der Waals surface area contributed by atoms with Crippen LogP contribution in [0.3, 0.4) is 0 Å². The Morgan fingerprint density at radius 1 is 1.12 bits per heavy atom. The van der Waals surface area contributed by atoms with Crippen LogP contribution in [-0.2, 0) is 4.79 Å². The highest BCUT2D eigenvalue weighted by Crippen LogP contribution is 2.32. The van der Waals surface area contributed by atoms with Crippen LogP contribution in [0.4, 0.5) is 5.69 Å². The lowest BCUT2D eigenvalue weighted by atomic mass is 10.1. The van der Waals surface area contributed by atoms with Crippen molar-refractivity contribution in [3.63, 3.8) is 0 Å². The number of hydrogen-bond donors (Lipinski definition) is 2. The normalized spacial score (nSPS) is 13.9. The number of carboxylic acid groups (broad SMARTS) is 1. The highest BCUT2D eigenvalue weighted by atomic mass is 32.2. The molecular weight excluding hydrogens is 440 g/mol. The van der Waals surface area contributed by atoms with Gasteiger partial charge in [0.25, 0.3) is 0 Å². The lowest BCUT2D eigenvalue weighted by Crippen LogP contribution is -2.17. The van der Waals surface area contributed by atoms with E-state index in [4.69, 9.17) is 9.47 Å². The minimum absolute atomic E-state index is 0.140. The van der Waals surface area contributed by atoms with Gasteiger partial charge in [0.15, 0.2) is 5.82 Å². The van der Waals surface area contributed by atoms with Gasteiger partial charge in [0.2, 0.25) is 5.16 Å². The predicted molar refractivity (Wildman–Crippen MR) is 129 cm³/mol. The summed E-state index contributed by atoms with van der Waals surface area (Å²) in [6.45, 7) is 4.13. The Labute approximate surface area is 196 Å². The highest BCUT2D eigenvalue weighted by molar-refractivity contribution is 8.04. The molecule has 2 N–H and O–H groups in total. The second-order valence-corrected chi connectivity index (χ2v) is 8.73. The molecule has 1 aliphatic rings. The molecule has 1 aromatic heterocycles. The Balaban J connectivity index is 1.57. The Kier molecular flexibility index (Phi) is 6.88. The number of H-pyrrole nitrogens is 1. The van der Waals surface area contributed by atoms with Crippen molar-refractivity contribution in [1.29, 1.82) is 0 Å². The molecule has 0 saturated carbocycles. The zero-order valence-corrected chi connectivity index (χ0v) is 19.6. The number of rotatable bonds is 8. The van der Waals surface area contributed by atoms with Crippen molar-refractivity contribution in [2.24, 2.45) is 0 Å². The van der Waals surface area contributed by atoms with Crippen molar-refractivity contribution >= 4 is 29.5 Å². The Hall–Kier alpha value is -3.46. The molecule has 2 aromatic carbocycles. The standard InChI is InChI=1S/C24H26N4O4S/c1-15-10-18(28-8-4-5-9-28)7-6-16(15)13-21(23(29)30)33-24-25-22(26-27-24)17-11-19(31-2)14-20(12-17)32-3/h6-7,10-14H,4-5,8-9H2,1-3H3,(H,29,30)(H,25,26,27)/b21-13+. The number of anilines is 1. The maximum absolute atomic E-state index is 11.9. The van der Waals surface area contributed by atoms with Gasteiger partial charge >= 0.3 is 5.97 Å². The smallest absolute Gasteiger partial charge is 0.342 e. The fourth-order valence-electron chi connectivity index (χ4n) is 3.73. The average Bonchev–Trinajstić information content (AvgIpc) is 3.52. The van der Waals surface area contributed by atoms with Gasteiger partial charge in [0, 0.05) is 30.4 Å². The molecule has 33 heavy (non-hydrogen) atoms. The number of benzene rings is 2. The van der Waals surface area contributed by atoms with Crippen molar-refractivity contribution < 1.29 is 19.4 Å². The molecule has 0 aliphatic carbocycles. The van der Waals surface area contributed by atoms with Gasteiger partial charge < -0.3 is 19.5 Å². The molecule has 0 bridgehead atoms. The van der Waals surface area contributed by atoms with E-state index >= 15 is 0 Å². The quantitative estimate of drug-likeness (QED) is 0.367. The third kappa shape index (κ3) is 5.31. The molecule has 4 rings (SSSR count). The van der Waals surface area contributed by atoms with Crippen molar-refractivity contribution in [2.75, 3.05) is 32.2 Å². The topological polar surface area (TPSA) is 101 Å². The minimum atomic E-state index is -1.03. The van der Waals surface area contributed by atoms with Gasteiger partial charge in [-0.25, -0.2) is 9.78 Å². The zero-order chi connectivity index (χ0) is 23.4. The van der Waals surface area contributed by atoms with E-state index in [9.17, 15) is 9.90 Å². The lowest BCUT2D eigenvalue weighted by Gasteiger charge is -2.18. The molecular formula is C24H26N4O4S. The molecule has 0 atom stereocenters. The van der Waals surface area contributed by atoms with Crippen LogP contribution in [0.5, 0.6) is 11.5 Å². The third-order valence-corrected chi connectivity index (χ3v) is 6.39. The molecule has 172 valence electrons. The van der Waals surface area contributed by atoms with Crippen molar-refractivity contribution in [3.05, 3.63) is 52.4 Å². The molecule has 1 aliphatic heterocycles. The number of nitrogens with zero attached hydrogens (tertiary/aromatic N) is 3. The first-order chi connectivity index (χ1) is 16.0. The molecule has 8 nitrogen and oxygen atoms in total. The minimum Gasteiger partial charge on any atom is -0.497 e. The van der Waals surface area contributed by atoms with Crippen LogP contribution in [0.15, 0.2) is 46.5 Å². The molecule has 9 heteroatoms. The second kappa shape index (κ2) is 9.99. The number of ether oxygens (including phenoxy) is 2. The fraction of sp³-hybridized carbons (Fsp3) is 0.292. The summed E-state index contributed by atoms with van der Waals surface area (Å²) in [5.74, 6) is 0.700. The summed E-state index contributed by atoms with van der Waals surface area (Å²) in [6.07, 6.45) is 4.09. The fourth-order valence-corrected chi connectivity index (χ4v) is 4.43. The maximum Gasteiger partial charge on any atom is 0.342 e. The molecule has 1 fully saturated rings. The summed E-state index contributed by atoms with van der Waals surface area (Å²) >= 11 is 1.00. The van der Waals surface area contributed by atoms with Crippen LogP contribution in [0, 0.1) is 6.92 Å². The zero-order valence-electron chi connectivity index (χ0n) is 18.8. The molecule has 2 heterocycles. The molecule has 0 spiro atoms. The monoisotopic (exact) mass is 466 g/mol. The Morgan fingerprint density at radius 2 is 1.82 bits per heavy atom. The van der Waals surface area contributed by atoms with E-state index in [1.807, 2.05) is 13.0 Å². The predicted octanol–water partition coefficient (Wildman–Crippen LogP) is 4.62. The Morgan fingerprint density at radius 3 is 2.42 bits per heavy atom. The van der Waals surface area contributed by atoms with E-state index in [2.05, 4.69) is 32.2 Å². The molecule has 0 unspecified atom stereocenters. The number of aromatic nitrogens is 3. The summed E-state index contributed by atoms with van der Waals surface area (Å²) in [4.78, 5) is 18.9. The first kappa shape index (κ1) is 22.7. The number of aliphatic carboxylic acids is 1. The number of aromatic amines is 1. The van der Waals surface area contributed by atoms with Gasteiger partial charge in [-0.15, -0.1) is 5.10 Å². The second-order valence-electron chi connectivity index (χ2n) is 7.72. The summed E-state index contributed by atoms with van der Waals surface area (Å²) < 4.78 is 10.6. The highest BCUT2D eigenvalue weighted by Gasteiger charge is 2.17. The van der Waals surface area contributed by atoms with Crippen molar-refractivity contribution in [3.8, 4) is 22.9 Å². The molecule has 1 saturated heterocycles. The number of carboxylic acids is 1. The summed E-state index contributed by atoms with van der Waals surface area (Å²) in [7, 11) is 3.15. The van der Waals surface area contributed by atoms with Crippen LogP contribution >= 0.6 is 11.8 Å². The summed E-state index contributed by atoms with van der Waals surface area (Å²) in [5.41, 5.74) is 3.78. The Bertz CT molecular complexity index is 1160. The first-order valence-corrected chi connectivity index (χ1v) is 11.4. The summed E-state index contributed by atoms with van der Waals surface area (Å²) in [5, 5.41) is 17.1. The first-order valence-electron chi connectivity index (χ1n) is 10.6. The van der Waals surface area contributed by atoms with Gasteiger partial charge in [-0.1, -0.05) is 6.07 Å². The van der Waals surface area contributed by atoms with Gasteiger partial charge in [-0.3, -0.25) is 5.10 Å². The van der Waals surface area contributed by atoms with E-state index in [0.29, 0.717) is 22.5 Å². The van der Waals surface area contributed by atoms with Crippen LogP contribution in [0.1, 0.15) is 24.0 Å². The molecule has 3 aromatic rings. The van der Waals surface area contributed by atoms with Crippen molar-refractivity contribution in [1.82, 2.24) is 15.2 Å². The van der Waals surface area contributed by atoms with Gasteiger partial charge in [-0.2, -0.15) is 0 Å². The van der Waals surface area contributed by atoms with E-state index in [-0.39, 0.29) is 4.91 Å². The van der Waals surface area contributed by atoms with Crippen LogP contribution < -0.4 is 14.4 Å². The van der Waals surface area contributed by atoms with E-state index in [1.165, 1.54) is 18.5 Å². The van der Waals surface area contributed by atoms with E-state index in [0.717, 1.165) is 41.5 Å². The number of hydrogen-bond acceptors (Lipinski definition) is 7. The third-order valence-electron chi connectivity index (χ3n) is 5.51. The van der Waals surface area contributed by atoms with E-state index in [1.54, 1.807) is 38.5 Å². The van der Waals surface area contributed by atoms with E-state index < -0.39 is 5.97 Å². The van der Waals surface area contributed by atoms with Gasteiger partial charge in [0.05, 0.1) is 14.2 Å². The number of carbonyl (C=O) groups is 1. The van der Waals surface area contributed by atoms with Crippen molar-refractivity contribution in [2.45, 2.75) is 24.9 Å². The van der Waals surface area contributed by atoms with Gasteiger partial charge in [0.1, 0.15) is 16.4 Å². The number of thioether (sulfide) groups is 1. The van der Waals surface area contributed by atoms with Crippen LogP contribution in [0.25, 0.3) is 17.5 Å². The van der Waals surface area contributed by atoms with Gasteiger partial charge in [-0.05, 0) is 73.0 Å².